The molecule has 1 amide bonds. The van der Waals surface area contributed by atoms with Crippen molar-refractivity contribution in [3.8, 4) is 0 Å². The molecule has 6 heteroatoms. The molecule has 3 rings (SSSR count). The van der Waals surface area contributed by atoms with Gasteiger partial charge in [-0.15, -0.1) is 0 Å². The second kappa shape index (κ2) is 5.85. The van der Waals surface area contributed by atoms with Crippen molar-refractivity contribution in [1.29, 1.82) is 0 Å². The van der Waals surface area contributed by atoms with E-state index in [2.05, 4.69) is 33.0 Å². The maximum atomic E-state index is 11.0. The van der Waals surface area contributed by atoms with Gasteiger partial charge in [0.05, 0.1) is 0 Å². The summed E-state index contributed by atoms with van der Waals surface area (Å²) in [6.07, 6.45) is 2.12. The quantitative estimate of drug-likeness (QED) is 0.810. The van der Waals surface area contributed by atoms with Crippen molar-refractivity contribution in [3.63, 3.8) is 0 Å². The van der Waals surface area contributed by atoms with Crippen LogP contribution in [0.3, 0.4) is 0 Å². The van der Waals surface area contributed by atoms with Crippen LogP contribution in [0.15, 0.2) is 16.6 Å². The van der Waals surface area contributed by atoms with Gasteiger partial charge in [-0.25, -0.2) is 4.79 Å². The van der Waals surface area contributed by atoms with Gasteiger partial charge in [-0.2, -0.15) is 0 Å². The first kappa shape index (κ1) is 14.7. The van der Waals surface area contributed by atoms with Crippen molar-refractivity contribution in [3.05, 3.63) is 27.7 Å². The van der Waals surface area contributed by atoms with E-state index in [0.29, 0.717) is 13.1 Å². The molecule has 1 aliphatic heterocycles. The third kappa shape index (κ3) is 2.87. The Hall–Kier alpha value is -1.27. The number of hydrogen-bond donors (Lipinski definition) is 2. The molecular formula is C15H20BrN3O2. The number of carbonyl (C=O) groups is 1. The first-order valence-electron chi connectivity index (χ1n) is 7.35. The van der Waals surface area contributed by atoms with Crippen LogP contribution >= 0.6 is 15.9 Å². The maximum absolute atomic E-state index is 11.0. The van der Waals surface area contributed by atoms with E-state index >= 15 is 0 Å². The number of fused-ring (bicyclic) bond motifs is 1. The summed E-state index contributed by atoms with van der Waals surface area (Å²) >= 11 is 3.64. The van der Waals surface area contributed by atoms with Gasteiger partial charge in [-0.3, -0.25) is 0 Å². The van der Waals surface area contributed by atoms with E-state index in [-0.39, 0.29) is 6.04 Å². The third-order valence-corrected chi connectivity index (χ3v) is 5.21. The zero-order chi connectivity index (χ0) is 15.0. The lowest BCUT2D eigenvalue weighted by molar-refractivity contribution is 0.142. The molecule has 114 valence electrons. The first-order valence-corrected chi connectivity index (χ1v) is 8.14. The minimum absolute atomic E-state index is 0.228. The molecule has 5 nitrogen and oxygen atoms in total. The van der Waals surface area contributed by atoms with E-state index < -0.39 is 6.09 Å². The summed E-state index contributed by atoms with van der Waals surface area (Å²) in [5, 5.41) is 9.04. The van der Waals surface area contributed by atoms with Crippen LogP contribution in [0.4, 0.5) is 10.5 Å². The maximum Gasteiger partial charge on any atom is 0.407 e. The molecule has 0 saturated carbocycles. The SMILES string of the molecule is NC1CCc2c(Br)ccc(N3CCN(C(=O)O)CC3)c2C1. The molecule has 1 atom stereocenters. The summed E-state index contributed by atoms with van der Waals surface area (Å²) in [6, 6.07) is 4.47. The fraction of sp³-hybridized carbons (Fsp3) is 0.533. The molecule has 1 saturated heterocycles. The fourth-order valence-corrected chi connectivity index (χ4v) is 3.85. The van der Waals surface area contributed by atoms with Gasteiger partial charge in [0, 0.05) is 42.4 Å². The van der Waals surface area contributed by atoms with E-state index in [1.807, 2.05) is 0 Å². The molecular weight excluding hydrogens is 334 g/mol. The van der Waals surface area contributed by atoms with Gasteiger partial charge >= 0.3 is 6.09 Å². The smallest absolute Gasteiger partial charge is 0.407 e. The molecule has 1 aromatic rings. The summed E-state index contributed by atoms with van der Waals surface area (Å²) in [6.45, 7) is 2.61. The summed E-state index contributed by atoms with van der Waals surface area (Å²) < 4.78 is 1.16. The molecule has 0 aromatic heterocycles. The van der Waals surface area contributed by atoms with Gasteiger partial charge in [-0.05, 0) is 42.5 Å². The Kier molecular flexibility index (Phi) is 4.08. The highest BCUT2D eigenvalue weighted by Crippen LogP contribution is 2.35. The monoisotopic (exact) mass is 353 g/mol. The highest BCUT2D eigenvalue weighted by atomic mass is 79.9. The molecule has 1 unspecified atom stereocenters. The van der Waals surface area contributed by atoms with Gasteiger partial charge in [0.25, 0.3) is 0 Å². The lowest BCUT2D eigenvalue weighted by Crippen LogP contribution is -2.48. The zero-order valence-corrected chi connectivity index (χ0v) is 13.5. The lowest BCUT2D eigenvalue weighted by Gasteiger charge is -2.37. The van der Waals surface area contributed by atoms with Gasteiger partial charge in [0.15, 0.2) is 0 Å². The standard InChI is InChI=1S/C15H20BrN3O2/c16-13-3-4-14(12-9-10(17)1-2-11(12)13)18-5-7-19(8-6-18)15(20)21/h3-4,10H,1-2,5-9,17H2,(H,20,21). The average Bonchev–Trinajstić information content (AvgIpc) is 2.47. The van der Waals surface area contributed by atoms with Crippen molar-refractivity contribution in [1.82, 2.24) is 4.90 Å². The second-order valence-electron chi connectivity index (χ2n) is 5.78. The predicted molar refractivity (Wildman–Crippen MR) is 86.0 cm³/mol. The van der Waals surface area contributed by atoms with Crippen LogP contribution in [0, 0.1) is 0 Å². The number of nitrogens with zero attached hydrogens (tertiary/aromatic N) is 2. The average molecular weight is 354 g/mol. The van der Waals surface area contributed by atoms with E-state index in [1.165, 1.54) is 21.7 Å². The van der Waals surface area contributed by atoms with Crippen molar-refractivity contribution in [2.75, 3.05) is 31.1 Å². The number of piperazine rings is 1. The van der Waals surface area contributed by atoms with Crippen molar-refractivity contribution in [2.24, 2.45) is 5.73 Å². The van der Waals surface area contributed by atoms with Crippen LogP contribution in [-0.4, -0.2) is 48.3 Å². The number of amides is 1. The Morgan fingerprint density at radius 1 is 1.24 bits per heavy atom. The summed E-state index contributed by atoms with van der Waals surface area (Å²) in [5.74, 6) is 0. The van der Waals surface area contributed by atoms with Crippen LogP contribution in [0.25, 0.3) is 0 Å². The minimum Gasteiger partial charge on any atom is -0.465 e. The molecule has 21 heavy (non-hydrogen) atoms. The van der Waals surface area contributed by atoms with Crippen LogP contribution in [0.5, 0.6) is 0 Å². The minimum atomic E-state index is -0.825. The number of hydrogen-bond acceptors (Lipinski definition) is 3. The molecule has 2 aliphatic rings. The molecule has 1 fully saturated rings. The normalized spacial score (nSPS) is 22.1. The highest BCUT2D eigenvalue weighted by Gasteiger charge is 2.26. The number of benzene rings is 1. The number of halogens is 1. The number of carboxylic acid groups (broad SMARTS) is 1. The Labute approximate surface area is 132 Å². The lowest BCUT2D eigenvalue weighted by atomic mass is 9.87. The Morgan fingerprint density at radius 2 is 1.95 bits per heavy atom. The zero-order valence-electron chi connectivity index (χ0n) is 11.9. The summed E-state index contributed by atoms with van der Waals surface area (Å²) in [5.41, 5.74) is 10.1. The summed E-state index contributed by atoms with van der Waals surface area (Å²) in [4.78, 5) is 14.8. The van der Waals surface area contributed by atoms with E-state index in [0.717, 1.165) is 36.8 Å². The van der Waals surface area contributed by atoms with Crippen molar-refractivity contribution in [2.45, 2.75) is 25.3 Å². The van der Waals surface area contributed by atoms with Gasteiger partial charge in [0.1, 0.15) is 0 Å². The number of nitrogens with two attached hydrogens (primary N) is 1. The van der Waals surface area contributed by atoms with Crippen molar-refractivity contribution >= 4 is 27.7 Å². The van der Waals surface area contributed by atoms with Crippen LogP contribution in [0.1, 0.15) is 17.5 Å². The predicted octanol–water partition coefficient (Wildman–Crippen LogP) is 2.07. The van der Waals surface area contributed by atoms with Crippen LogP contribution in [0.2, 0.25) is 0 Å². The number of anilines is 1. The molecule has 1 heterocycles. The van der Waals surface area contributed by atoms with Crippen LogP contribution in [-0.2, 0) is 12.8 Å². The second-order valence-corrected chi connectivity index (χ2v) is 6.64. The topological polar surface area (TPSA) is 69.8 Å². The molecule has 1 aromatic carbocycles. The molecule has 1 aliphatic carbocycles. The molecule has 0 bridgehead atoms. The van der Waals surface area contributed by atoms with Gasteiger partial charge in [-0.1, -0.05) is 15.9 Å². The molecule has 3 N–H and O–H groups in total. The largest absolute Gasteiger partial charge is 0.465 e. The highest BCUT2D eigenvalue weighted by molar-refractivity contribution is 9.10. The Balaban J connectivity index is 1.85. The van der Waals surface area contributed by atoms with Crippen LogP contribution < -0.4 is 10.6 Å². The third-order valence-electron chi connectivity index (χ3n) is 4.47. The van der Waals surface area contributed by atoms with Crippen molar-refractivity contribution < 1.29 is 9.90 Å². The molecule has 0 radical (unpaired) electrons. The van der Waals surface area contributed by atoms with E-state index in [1.54, 1.807) is 0 Å². The Morgan fingerprint density at radius 3 is 2.62 bits per heavy atom. The van der Waals surface area contributed by atoms with E-state index in [4.69, 9.17) is 10.8 Å². The fourth-order valence-electron chi connectivity index (χ4n) is 3.28. The summed E-state index contributed by atoms with van der Waals surface area (Å²) in [7, 11) is 0. The van der Waals surface area contributed by atoms with E-state index in [9.17, 15) is 4.79 Å². The van der Waals surface area contributed by atoms with Gasteiger partial charge < -0.3 is 20.6 Å². The number of rotatable bonds is 1. The molecule has 0 spiro atoms. The first-order chi connectivity index (χ1) is 10.1. The van der Waals surface area contributed by atoms with Gasteiger partial charge in [0.2, 0.25) is 0 Å². The Bertz CT molecular complexity index is 556.